The molecule has 0 aromatic heterocycles. The summed E-state index contributed by atoms with van der Waals surface area (Å²) in [4.78, 5) is 4.38. The highest BCUT2D eigenvalue weighted by atomic mass is 16.5. The molecule has 0 heterocycles. The molecule has 0 saturated carbocycles. The van der Waals surface area contributed by atoms with Crippen LogP contribution in [-0.4, -0.2) is 27.3 Å². The molecule has 0 amide bonds. The average molecular weight is 343 g/mol. The second kappa shape index (κ2) is 8.28. The second-order valence-electron chi connectivity index (χ2n) is 5.66. The number of hydrogen-bond donors (Lipinski definition) is 2. The molecule has 6 heteroatoms. The van der Waals surface area contributed by atoms with Gasteiger partial charge < -0.3 is 25.3 Å². The van der Waals surface area contributed by atoms with Crippen molar-refractivity contribution in [3.05, 3.63) is 47.0 Å². The van der Waals surface area contributed by atoms with Gasteiger partial charge in [-0.3, -0.25) is 0 Å². The van der Waals surface area contributed by atoms with Crippen LogP contribution >= 0.6 is 0 Å². The van der Waals surface area contributed by atoms with E-state index in [1.54, 1.807) is 21.3 Å². The third kappa shape index (κ3) is 4.56. The number of anilines is 1. The highest BCUT2D eigenvalue weighted by Gasteiger charge is 2.12. The lowest BCUT2D eigenvalue weighted by Gasteiger charge is -2.13. The minimum Gasteiger partial charge on any atom is -0.493 e. The molecule has 25 heavy (non-hydrogen) atoms. The van der Waals surface area contributed by atoms with E-state index >= 15 is 0 Å². The van der Waals surface area contributed by atoms with Gasteiger partial charge in [0.2, 0.25) is 5.75 Å². The normalized spacial score (nSPS) is 11.2. The first kappa shape index (κ1) is 18.4. The van der Waals surface area contributed by atoms with E-state index in [-0.39, 0.29) is 0 Å². The molecule has 0 spiro atoms. The van der Waals surface area contributed by atoms with Crippen molar-refractivity contribution in [1.82, 2.24) is 0 Å². The highest BCUT2D eigenvalue weighted by Crippen LogP contribution is 2.38. The first-order valence-corrected chi connectivity index (χ1v) is 7.91. The summed E-state index contributed by atoms with van der Waals surface area (Å²) in [6.45, 7) is 4.52. The minimum absolute atomic E-state index is 0.344. The first-order valence-electron chi connectivity index (χ1n) is 7.91. The predicted molar refractivity (Wildman–Crippen MR) is 101 cm³/mol. The van der Waals surface area contributed by atoms with Crippen LogP contribution in [0.1, 0.15) is 16.7 Å². The molecule has 0 unspecified atom stereocenters. The van der Waals surface area contributed by atoms with Crippen molar-refractivity contribution in [3.8, 4) is 17.2 Å². The minimum atomic E-state index is 0.344. The van der Waals surface area contributed by atoms with Crippen LogP contribution < -0.4 is 25.3 Å². The SMILES string of the molecule is COc1cc(CN=C(N)Nc2ccc(C)c(C)c2)cc(OC)c1OC. The largest absolute Gasteiger partial charge is 0.493 e. The Morgan fingerprint density at radius 1 is 0.960 bits per heavy atom. The van der Waals surface area contributed by atoms with Crippen LogP contribution in [0.2, 0.25) is 0 Å². The fourth-order valence-electron chi connectivity index (χ4n) is 2.41. The molecule has 0 aliphatic heterocycles. The molecule has 2 rings (SSSR count). The lowest BCUT2D eigenvalue weighted by Crippen LogP contribution is -2.22. The Morgan fingerprint density at radius 3 is 2.12 bits per heavy atom. The van der Waals surface area contributed by atoms with Gasteiger partial charge in [-0.05, 0) is 54.8 Å². The summed E-state index contributed by atoms with van der Waals surface area (Å²) < 4.78 is 16.0. The number of nitrogens with two attached hydrogens (primary N) is 1. The van der Waals surface area contributed by atoms with Gasteiger partial charge in [0.15, 0.2) is 17.5 Å². The molecule has 134 valence electrons. The van der Waals surface area contributed by atoms with Crippen molar-refractivity contribution in [2.45, 2.75) is 20.4 Å². The van der Waals surface area contributed by atoms with E-state index < -0.39 is 0 Å². The Labute approximate surface area is 148 Å². The molecular formula is C19H25N3O3. The smallest absolute Gasteiger partial charge is 0.203 e. The zero-order chi connectivity index (χ0) is 18.4. The molecule has 6 nitrogen and oxygen atoms in total. The van der Waals surface area contributed by atoms with E-state index in [9.17, 15) is 0 Å². The number of benzene rings is 2. The van der Waals surface area contributed by atoms with Crippen LogP contribution in [-0.2, 0) is 6.54 Å². The number of nitrogens with zero attached hydrogens (tertiary/aromatic N) is 1. The van der Waals surface area contributed by atoms with E-state index in [1.807, 2.05) is 30.3 Å². The van der Waals surface area contributed by atoms with Gasteiger partial charge in [0.05, 0.1) is 27.9 Å². The standard InChI is InChI=1S/C19H25N3O3/c1-12-6-7-15(8-13(12)2)22-19(20)21-11-14-9-16(23-3)18(25-5)17(10-14)24-4/h6-10H,11H2,1-5H3,(H3,20,21,22). The fraction of sp³-hybridized carbons (Fsp3) is 0.316. The summed E-state index contributed by atoms with van der Waals surface area (Å²) in [5.41, 5.74) is 10.2. The zero-order valence-electron chi connectivity index (χ0n) is 15.3. The molecule has 0 aliphatic rings. The number of hydrogen-bond acceptors (Lipinski definition) is 4. The van der Waals surface area contributed by atoms with Gasteiger partial charge >= 0.3 is 0 Å². The topological polar surface area (TPSA) is 78.1 Å². The van der Waals surface area contributed by atoms with Crippen LogP contribution in [0.15, 0.2) is 35.3 Å². The number of aryl methyl sites for hydroxylation is 2. The average Bonchev–Trinajstić information content (AvgIpc) is 2.62. The van der Waals surface area contributed by atoms with Gasteiger partial charge in [0.25, 0.3) is 0 Å². The molecule has 0 aliphatic carbocycles. The summed E-state index contributed by atoms with van der Waals surface area (Å²) in [5, 5.41) is 3.10. The Balaban J connectivity index is 2.15. The van der Waals surface area contributed by atoms with Crippen LogP contribution in [0.4, 0.5) is 5.69 Å². The van der Waals surface area contributed by atoms with Gasteiger partial charge in [-0.1, -0.05) is 6.07 Å². The van der Waals surface area contributed by atoms with Crippen molar-refractivity contribution >= 4 is 11.6 Å². The third-order valence-electron chi connectivity index (χ3n) is 3.94. The van der Waals surface area contributed by atoms with Gasteiger partial charge in [-0.15, -0.1) is 0 Å². The van der Waals surface area contributed by atoms with Gasteiger partial charge in [0, 0.05) is 5.69 Å². The van der Waals surface area contributed by atoms with Crippen molar-refractivity contribution in [3.63, 3.8) is 0 Å². The van der Waals surface area contributed by atoms with E-state index in [4.69, 9.17) is 19.9 Å². The van der Waals surface area contributed by atoms with E-state index in [0.29, 0.717) is 29.8 Å². The van der Waals surface area contributed by atoms with Crippen LogP contribution in [0.3, 0.4) is 0 Å². The number of nitrogens with one attached hydrogen (secondary N) is 1. The van der Waals surface area contributed by atoms with Gasteiger partial charge in [-0.2, -0.15) is 0 Å². The molecule has 3 N–H and O–H groups in total. The number of ether oxygens (including phenoxy) is 3. The molecule has 0 radical (unpaired) electrons. The van der Waals surface area contributed by atoms with Crippen LogP contribution in [0, 0.1) is 13.8 Å². The fourth-order valence-corrected chi connectivity index (χ4v) is 2.41. The molecule has 0 fully saturated rings. The van der Waals surface area contributed by atoms with Crippen molar-refractivity contribution in [1.29, 1.82) is 0 Å². The van der Waals surface area contributed by atoms with Crippen molar-refractivity contribution in [2.24, 2.45) is 10.7 Å². The Hall–Kier alpha value is -2.89. The maximum Gasteiger partial charge on any atom is 0.203 e. The molecule has 2 aromatic carbocycles. The summed E-state index contributed by atoms with van der Waals surface area (Å²) in [7, 11) is 4.74. The Morgan fingerprint density at radius 2 is 1.60 bits per heavy atom. The monoisotopic (exact) mass is 343 g/mol. The number of rotatable bonds is 6. The molecule has 0 bridgehead atoms. The van der Waals surface area contributed by atoms with Gasteiger partial charge in [0.1, 0.15) is 0 Å². The van der Waals surface area contributed by atoms with Crippen molar-refractivity contribution in [2.75, 3.05) is 26.6 Å². The van der Waals surface area contributed by atoms with Crippen LogP contribution in [0.25, 0.3) is 0 Å². The number of guanidine groups is 1. The summed E-state index contributed by atoms with van der Waals surface area (Å²) in [6.07, 6.45) is 0. The summed E-state index contributed by atoms with van der Waals surface area (Å²) >= 11 is 0. The first-order chi connectivity index (χ1) is 12.0. The lowest BCUT2D eigenvalue weighted by molar-refractivity contribution is 0.324. The highest BCUT2D eigenvalue weighted by molar-refractivity contribution is 5.92. The summed E-state index contributed by atoms with van der Waals surface area (Å²) in [6, 6.07) is 9.77. The molecule has 2 aromatic rings. The van der Waals surface area contributed by atoms with E-state index in [0.717, 1.165) is 11.3 Å². The maximum atomic E-state index is 5.99. The molecular weight excluding hydrogens is 318 g/mol. The third-order valence-corrected chi connectivity index (χ3v) is 3.94. The quantitative estimate of drug-likeness (QED) is 0.622. The number of methoxy groups -OCH3 is 3. The second-order valence-corrected chi connectivity index (χ2v) is 5.66. The zero-order valence-corrected chi connectivity index (χ0v) is 15.3. The summed E-state index contributed by atoms with van der Waals surface area (Å²) in [5.74, 6) is 2.08. The Kier molecular flexibility index (Phi) is 6.11. The van der Waals surface area contributed by atoms with Crippen LogP contribution in [0.5, 0.6) is 17.2 Å². The molecule has 0 atom stereocenters. The Bertz CT molecular complexity index is 747. The lowest BCUT2D eigenvalue weighted by atomic mass is 10.1. The van der Waals surface area contributed by atoms with E-state index in [2.05, 4.69) is 24.2 Å². The van der Waals surface area contributed by atoms with E-state index in [1.165, 1.54) is 11.1 Å². The number of aliphatic imine (C=N–C) groups is 1. The molecule has 0 saturated heterocycles. The maximum absolute atomic E-state index is 5.99. The van der Waals surface area contributed by atoms with Crippen molar-refractivity contribution < 1.29 is 14.2 Å². The van der Waals surface area contributed by atoms with Gasteiger partial charge in [-0.25, -0.2) is 4.99 Å². The predicted octanol–water partition coefficient (Wildman–Crippen LogP) is 3.26.